The van der Waals surface area contributed by atoms with Crippen LogP contribution in [0.1, 0.15) is 18.9 Å². The van der Waals surface area contributed by atoms with E-state index in [1.54, 1.807) is 6.92 Å². The van der Waals surface area contributed by atoms with Crippen LogP contribution in [0.25, 0.3) is 0 Å². The second kappa shape index (κ2) is 5.16. The van der Waals surface area contributed by atoms with Crippen molar-refractivity contribution in [1.29, 1.82) is 0 Å². The van der Waals surface area contributed by atoms with E-state index in [9.17, 15) is 22.4 Å². The molecule has 0 aliphatic rings. The predicted octanol–water partition coefficient (Wildman–Crippen LogP) is 3.20. The van der Waals surface area contributed by atoms with Crippen molar-refractivity contribution < 1.29 is 27.1 Å². The monoisotopic (exact) mass is 250 g/mol. The van der Waals surface area contributed by atoms with Gasteiger partial charge in [-0.1, -0.05) is 6.92 Å². The molecule has 0 bridgehead atoms. The molecule has 0 unspecified atom stereocenters. The summed E-state index contributed by atoms with van der Waals surface area (Å²) in [4.78, 5) is 10.9. The van der Waals surface area contributed by atoms with Gasteiger partial charge in [-0.2, -0.15) is 13.2 Å². The third kappa shape index (κ3) is 3.72. The highest BCUT2D eigenvalue weighted by atomic mass is 19.4. The zero-order chi connectivity index (χ0) is 13.1. The maximum absolute atomic E-state index is 12.9. The Morgan fingerprint density at radius 3 is 2.53 bits per heavy atom. The summed E-state index contributed by atoms with van der Waals surface area (Å²) in [7, 11) is 0. The lowest BCUT2D eigenvalue weighted by molar-refractivity contribution is -0.140. The Balaban J connectivity index is 2.86. The lowest BCUT2D eigenvalue weighted by atomic mass is 10.2. The fourth-order valence-electron chi connectivity index (χ4n) is 1.08. The van der Waals surface area contributed by atoms with Gasteiger partial charge in [-0.15, -0.1) is 0 Å². The lowest BCUT2D eigenvalue weighted by Gasteiger charge is -2.10. The normalized spacial score (nSPS) is 11.4. The molecule has 0 spiro atoms. The number of rotatable bonds is 4. The number of carbonyl (C=O) groups excluding carboxylic acids is 1. The molecular formula is C11H10F4O2. The van der Waals surface area contributed by atoms with Crippen molar-refractivity contribution in [1.82, 2.24) is 0 Å². The average molecular weight is 250 g/mol. The van der Waals surface area contributed by atoms with Crippen molar-refractivity contribution in [2.24, 2.45) is 0 Å². The Labute approximate surface area is 95.2 Å². The lowest BCUT2D eigenvalue weighted by Crippen LogP contribution is -2.12. The smallest absolute Gasteiger partial charge is 0.419 e. The summed E-state index contributed by atoms with van der Waals surface area (Å²) >= 11 is 0. The van der Waals surface area contributed by atoms with Gasteiger partial charge in [0, 0.05) is 6.42 Å². The number of benzene rings is 1. The highest BCUT2D eigenvalue weighted by Crippen LogP contribution is 2.33. The fraction of sp³-hybridized carbons (Fsp3) is 0.364. The van der Waals surface area contributed by atoms with Gasteiger partial charge in [-0.3, -0.25) is 4.79 Å². The molecular weight excluding hydrogens is 240 g/mol. The molecule has 0 saturated heterocycles. The van der Waals surface area contributed by atoms with Crippen molar-refractivity contribution in [2.75, 3.05) is 6.61 Å². The molecule has 94 valence electrons. The van der Waals surface area contributed by atoms with Gasteiger partial charge in [0.2, 0.25) is 0 Å². The number of Topliss-reactive ketones (excluding diaryl/α,β-unsaturated/α-hetero) is 1. The first-order valence-corrected chi connectivity index (χ1v) is 4.86. The van der Waals surface area contributed by atoms with E-state index in [2.05, 4.69) is 0 Å². The number of carbonyl (C=O) groups is 1. The average Bonchev–Trinajstić information content (AvgIpc) is 2.26. The van der Waals surface area contributed by atoms with E-state index in [4.69, 9.17) is 4.74 Å². The van der Waals surface area contributed by atoms with Gasteiger partial charge in [0.15, 0.2) is 5.78 Å². The van der Waals surface area contributed by atoms with E-state index in [1.807, 2.05) is 0 Å². The van der Waals surface area contributed by atoms with Crippen LogP contribution < -0.4 is 4.74 Å². The Kier molecular flexibility index (Phi) is 4.09. The zero-order valence-corrected chi connectivity index (χ0v) is 8.97. The molecule has 0 fully saturated rings. The quantitative estimate of drug-likeness (QED) is 0.767. The first kappa shape index (κ1) is 13.5. The zero-order valence-electron chi connectivity index (χ0n) is 8.97. The van der Waals surface area contributed by atoms with Crippen LogP contribution in [0.4, 0.5) is 17.6 Å². The molecule has 0 aromatic heterocycles. The first-order chi connectivity index (χ1) is 7.84. The molecule has 6 heteroatoms. The predicted molar refractivity (Wildman–Crippen MR) is 52.2 cm³/mol. The minimum absolute atomic E-state index is 0.180. The van der Waals surface area contributed by atoms with Gasteiger partial charge >= 0.3 is 6.18 Å². The molecule has 0 heterocycles. The first-order valence-electron chi connectivity index (χ1n) is 4.86. The van der Waals surface area contributed by atoms with Crippen molar-refractivity contribution in [3.63, 3.8) is 0 Å². The largest absolute Gasteiger partial charge is 0.486 e. The number of ether oxygens (including phenoxy) is 1. The Hall–Kier alpha value is -1.59. The maximum atomic E-state index is 12.9. The van der Waals surface area contributed by atoms with Crippen molar-refractivity contribution in [2.45, 2.75) is 19.5 Å². The molecule has 0 aliphatic heterocycles. The van der Waals surface area contributed by atoms with Crippen molar-refractivity contribution in [3.05, 3.63) is 29.6 Å². The number of hydrogen-bond acceptors (Lipinski definition) is 2. The highest BCUT2D eigenvalue weighted by molar-refractivity contribution is 5.79. The molecule has 17 heavy (non-hydrogen) atoms. The number of alkyl halides is 3. The van der Waals surface area contributed by atoms with Gasteiger partial charge in [-0.25, -0.2) is 4.39 Å². The summed E-state index contributed by atoms with van der Waals surface area (Å²) in [5, 5.41) is 0. The topological polar surface area (TPSA) is 26.3 Å². The van der Waals surface area contributed by atoms with Crippen LogP contribution in [0.3, 0.4) is 0 Å². The van der Waals surface area contributed by atoms with Gasteiger partial charge in [0.05, 0.1) is 5.56 Å². The summed E-state index contributed by atoms with van der Waals surface area (Å²) in [6.07, 6.45) is -4.55. The number of ketones is 1. The summed E-state index contributed by atoms with van der Waals surface area (Å²) in [5.74, 6) is -1.80. The third-order valence-corrected chi connectivity index (χ3v) is 2.04. The molecule has 1 aromatic carbocycles. The second-order valence-corrected chi connectivity index (χ2v) is 3.32. The van der Waals surface area contributed by atoms with E-state index < -0.39 is 17.6 Å². The molecule has 2 nitrogen and oxygen atoms in total. The van der Waals surface area contributed by atoms with Crippen LogP contribution in [0.15, 0.2) is 18.2 Å². The second-order valence-electron chi connectivity index (χ2n) is 3.32. The fourth-order valence-corrected chi connectivity index (χ4v) is 1.08. The highest BCUT2D eigenvalue weighted by Gasteiger charge is 2.34. The van der Waals surface area contributed by atoms with Gasteiger partial charge in [0.1, 0.15) is 18.2 Å². The van der Waals surface area contributed by atoms with Crippen LogP contribution in [0.2, 0.25) is 0 Å². The molecule has 0 atom stereocenters. The van der Waals surface area contributed by atoms with E-state index >= 15 is 0 Å². The third-order valence-electron chi connectivity index (χ3n) is 2.04. The van der Waals surface area contributed by atoms with Crippen LogP contribution in [0, 0.1) is 5.82 Å². The summed E-state index contributed by atoms with van der Waals surface area (Å²) in [5.41, 5.74) is -1.40. The van der Waals surface area contributed by atoms with Gasteiger partial charge in [-0.05, 0) is 18.2 Å². The molecule has 0 N–H and O–H groups in total. The molecule has 0 amide bonds. The van der Waals surface area contributed by atoms with Crippen LogP contribution in [0.5, 0.6) is 5.75 Å². The minimum atomic E-state index is -4.78. The van der Waals surface area contributed by atoms with E-state index in [0.717, 1.165) is 6.07 Å². The van der Waals surface area contributed by atoms with E-state index in [0.29, 0.717) is 12.1 Å². The Bertz CT molecular complexity index is 412. The van der Waals surface area contributed by atoms with Crippen LogP contribution in [-0.4, -0.2) is 12.4 Å². The maximum Gasteiger partial charge on any atom is 0.419 e. The van der Waals surface area contributed by atoms with Crippen molar-refractivity contribution >= 4 is 5.78 Å². The van der Waals surface area contributed by atoms with Crippen LogP contribution >= 0.6 is 0 Å². The SMILES string of the molecule is CCC(=O)COc1ccc(F)c(C(F)(F)F)c1. The number of halogens is 4. The molecule has 1 aromatic rings. The van der Waals surface area contributed by atoms with E-state index in [1.165, 1.54) is 0 Å². The number of hydrogen-bond donors (Lipinski definition) is 0. The Morgan fingerprint density at radius 2 is 2.00 bits per heavy atom. The van der Waals surface area contributed by atoms with Crippen molar-refractivity contribution in [3.8, 4) is 5.75 Å². The van der Waals surface area contributed by atoms with Gasteiger partial charge in [0.25, 0.3) is 0 Å². The Morgan fingerprint density at radius 1 is 1.35 bits per heavy atom. The van der Waals surface area contributed by atoms with Gasteiger partial charge < -0.3 is 4.74 Å². The molecule has 0 aliphatic carbocycles. The minimum Gasteiger partial charge on any atom is -0.486 e. The molecule has 0 radical (unpaired) electrons. The molecule has 0 saturated carbocycles. The van der Waals surface area contributed by atoms with Crippen LogP contribution in [-0.2, 0) is 11.0 Å². The summed E-state index contributed by atoms with van der Waals surface area (Å²) in [6.45, 7) is 1.29. The summed E-state index contributed by atoms with van der Waals surface area (Å²) < 4.78 is 54.7. The molecule has 1 rings (SSSR count). The van der Waals surface area contributed by atoms with E-state index in [-0.39, 0.29) is 24.6 Å². The standard InChI is InChI=1S/C11H10F4O2/c1-2-7(16)6-17-8-3-4-10(12)9(5-8)11(13,14)15/h3-5H,2,6H2,1H3. The summed E-state index contributed by atoms with van der Waals surface area (Å²) in [6, 6.07) is 2.25.